The lowest BCUT2D eigenvalue weighted by Gasteiger charge is -2.04. The molecule has 1 aromatic carbocycles. The van der Waals surface area contributed by atoms with E-state index in [-0.39, 0.29) is 28.5 Å². The monoisotopic (exact) mass is 238 g/mol. The Bertz CT molecular complexity index is 506. The summed E-state index contributed by atoms with van der Waals surface area (Å²) >= 11 is 5.39. The molecular formula is C10H7ClN2O3. The summed E-state index contributed by atoms with van der Waals surface area (Å²) in [7, 11) is 0. The van der Waals surface area contributed by atoms with Gasteiger partial charge in [0.15, 0.2) is 5.78 Å². The molecule has 0 saturated heterocycles. The molecule has 5 nitrogen and oxygen atoms in total. The summed E-state index contributed by atoms with van der Waals surface area (Å²) in [5, 5.41) is 19.5. The van der Waals surface area contributed by atoms with Crippen molar-refractivity contribution in [2.45, 2.75) is 6.92 Å². The smallest absolute Gasteiger partial charge is 0.287 e. The standard InChI is InChI=1S/C10H7ClN2O3/c1-6-7(10(14)4-11)2-3-9(13(15)16)8(6)5-12/h2-3H,4H2,1H3. The second-order valence-corrected chi connectivity index (χ2v) is 3.33. The predicted molar refractivity (Wildman–Crippen MR) is 57.6 cm³/mol. The molecular weight excluding hydrogens is 232 g/mol. The number of hydrogen-bond donors (Lipinski definition) is 0. The number of nitrogens with zero attached hydrogens (tertiary/aromatic N) is 2. The number of halogens is 1. The van der Waals surface area contributed by atoms with Gasteiger partial charge in [-0.2, -0.15) is 5.26 Å². The van der Waals surface area contributed by atoms with E-state index in [1.807, 2.05) is 0 Å². The molecule has 0 aliphatic rings. The summed E-state index contributed by atoms with van der Waals surface area (Å²) in [6.45, 7) is 1.49. The first-order valence-corrected chi connectivity index (χ1v) is 4.83. The van der Waals surface area contributed by atoms with Crippen LogP contribution in [0.3, 0.4) is 0 Å². The van der Waals surface area contributed by atoms with Crippen LogP contribution in [-0.2, 0) is 0 Å². The molecule has 0 amide bonds. The van der Waals surface area contributed by atoms with Gasteiger partial charge in [0.2, 0.25) is 0 Å². The van der Waals surface area contributed by atoms with E-state index in [0.717, 1.165) is 6.07 Å². The number of benzene rings is 1. The zero-order valence-corrected chi connectivity index (χ0v) is 9.11. The number of carbonyl (C=O) groups is 1. The highest BCUT2D eigenvalue weighted by molar-refractivity contribution is 6.30. The third kappa shape index (κ3) is 2.02. The lowest BCUT2D eigenvalue weighted by atomic mass is 9.99. The van der Waals surface area contributed by atoms with Crippen molar-refractivity contribution in [1.29, 1.82) is 5.26 Å². The van der Waals surface area contributed by atoms with Gasteiger partial charge in [0, 0.05) is 11.6 Å². The molecule has 0 aliphatic carbocycles. The Balaban J connectivity index is 3.48. The van der Waals surface area contributed by atoms with Crippen LogP contribution in [0.1, 0.15) is 21.5 Å². The minimum Gasteiger partial charge on any atom is -0.293 e. The molecule has 1 rings (SSSR count). The van der Waals surface area contributed by atoms with Crippen molar-refractivity contribution >= 4 is 23.1 Å². The molecule has 16 heavy (non-hydrogen) atoms. The molecule has 0 N–H and O–H groups in total. The van der Waals surface area contributed by atoms with Crippen molar-refractivity contribution < 1.29 is 9.72 Å². The minimum absolute atomic E-state index is 0.0963. The van der Waals surface area contributed by atoms with Gasteiger partial charge in [0.1, 0.15) is 11.6 Å². The van der Waals surface area contributed by atoms with Crippen molar-refractivity contribution in [2.24, 2.45) is 0 Å². The largest absolute Gasteiger partial charge is 0.293 e. The predicted octanol–water partition coefficient (Wildman–Crippen LogP) is 2.20. The molecule has 0 bridgehead atoms. The van der Waals surface area contributed by atoms with Gasteiger partial charge in [0.05, 0.1) is 10.8 Å². The normalized spacial score (nSPS) is 9.56. The highest BCUT2D eigenvalue weighted by Crippen LogP contribution is 2.24. The fourth-order valence-corrected chi connectivity index (χ4v) is 1.51. The molecule has 0 fully saturated rings. The molecule has 0 aliphatic heterocycles. The van der Waals surface area contributed by atoms with Crippen LogP contribution < -0.4 is 0 Å². The van der Waals surface area contributed by atoms with Gasteiger partial charge in [-0.1, -0.05) is 0 Å². The number of hydrogen-bond acceptors (Lipinski definition) is 4. The SMILES string of the molecule is Cc1c(C(=O)CCl)ccc([N+](=O)[O-])c1C#N. The van der Waals surface area contributed by atoms with E-state index in [1.54, 1.807) is 6.07 Å². The average molecular weight is 239 g/mol. The molecule has 82 valence electrons. The number of rotatable bonds is 3. The lowest BCUT2D eigenvalue weighted by Crippen LogP contribution is -2.06. The maximum Gasteiger partial charge on any atom is 0.287 e. The van der Waals surface area contributed by atoms with E-state index in [0.29, 0.717) is 5.56 Å². The van der Waals surface area contributed by atoms with Crippen molar-refractivity contribution in [3.63, 3.8) is 0 Å². The van der Waals surface area contributed by atoms with Crippen LogP contribution in [0.5, 0.6) is 0 Å². The zero-order chi connectivity index (χ0) is 12.3. The first-order valence-electron chi connectivity index (χ1n) is 4.30. The number of alkyl halides is 1. The van der Waals surface area contributed by atoms with Crippen molar-refractivity contribution in [1.82, 2.24) is 0 Å². The maximum atomic E-state index is 11.4. The van der Waals surface area contributed by atoms with E-state index in [2.05, 4.69) is 0 Å². The number of Topliss-reactive ketones (excluding diaryl/α,β-unsaturated/α-hetero) is 1. The van der Waals surface area contributed by atoms with Gasteiger partial charge in [-0.3, -0.25) is 14.9 Å². The maximum absolute atomic E-state index is 11.4. The number of ketones is 1. The molecule has 0 aromatic heterocycles. The summed E-state index contributed by atoms with van der Waals surface area (Å²) in [4.78, 5) is 21.3. The second-order valence-electron chi connectivity index (χ2n) is 3.06. The molecule has 1 aromatic rings. The third-order valence-electron chi connectivity index (χ3n) is 2.17. The van der Waals surface area contributed by atoms with Crippen LogP contribution in [-0.4, -0.2) is 16.6 Å². The first-order chi connectivity index (χ1) is 7.52. The Morgan fingerprint density at radius 2 is 2.25 bits per heavy atom. The molecule has 0 unspecified atom stereocenters. The van der Waals surface area contributed by atoms with Gasteiger partial charge in [-0.05, 0) is 18.6 Å². The zero-order valence-electron chi connectivity index (χ0n) is 8.36. The number of nitriles is 1. The van der Waals surface area contributed by atoms with Gasteiger partial charge >= 0.3 is 0 Å². The Morgan fingerprint density at radius 3 is 2.69 bits per heavy atom. The van der Waals surface area contributed by atoms with Gasteiger partial charge in [-0.25, -0.2) is 0 Å². The van der Waals surface area contributed by atoms with E-state index in [4.69, 9.17) is 16.9 Å². The number of nitro groups is 1. The highest BCUT2D eigenvalue weighted by atomic mass is 35.5. The fraction of sp³-hybridized carbons (Fsp3) is 0.200. The second kappa shape index (κ2) is 4.73. The summed E-state index contributed by atoms with van der Waals surface area (Å²) < 4.78 is 0. The molecule has 0 saturated carbocycles. The Labute approximate surface area is 96.4 Å². The van der Waals surface area contributed by atoms with Crippen LogP contribution >= 0.6 is 11.6 Å². The number of nitro benzene ring substituents is 1. The first kappa shape index (κ1) is 12.1. The van der Waals surface area contributed by atoms with E-state index < -0.39 is 4.92 Å². The van der Waals surface area contributed by atoms with Gasteiger partial charge in [0.25, 0.3) is 5.69 Å². The van der Waals surface area contributed by atoms with Crippen LogP contribution in [0.2, 0.25) is 0 Å². The minimum atomic E-state index is -0.652. The van der Waals surface area contributed by atoms with E-state index in [1.165, 1.54) is 13.0 Å². The van der Waals surface area contributed by atoms with E-state index >= 15 is 0 Å². The molecule has 0 spiro atoms. The van der Waals surface area contributed by atoms with Crippen molar-refractivity contribution in [3.05, 3.63) is 38.9 Å². The van der Waals surface area contributed by atoms with Crippen LogP contribution in [0.25, 0.3) is 0 Å². The molecule has 0 atom stereocenters. The quantitative estimate of drug-likeness (QED) is 0.350. The summed E-state index contributed by atoms with van der Waals surface area (Å²) in [6.07, 6.45) is 0. The topological polar surface area (TPSA) is 84.0 Å². The van der Waals surface area contributed by atoms with Gasteiger partial charge in [-0.15, -0.1) is 11.6 Å². The summed E-state index contributed by atoms with van der Waals surface area (Å²) in [5.41, 5.74) is 0.145. The molecule has 6 heteroatoms. The van der Waals surface area contributed by atoms with Crippen LogP contribution in [0.4, 0.5) is 5.69 Å². The Kier molecular flexibility index (Phi) is 3.59. The van der Waals surface area contributed by atoms with Crippen molar-refractivity contribution in [3.8, 4) is 6.07 Å². The number of carbonyl (C=O) groups excluding carboxylic acids is 1. The van der Waals surface area contributed by atoms with E-state index in [9.17, 15) is 14.9 Å². The summed E-state index contributed by atoms with van der Waals surface area (Å²) in [5.74, 6) is -0.575. The molecule has 0 radical (unpaired) electrons. The van der Waals surface area contributed by atoms with Crippen molar-refractivity contribution in [2.75, 3.05) is 5.88 Å². The highest BCUT2D eigenvalue weighted by Gasteiger charge is 2.20. The fourth-order valence-electron chi connectivity index (χ4n) is 1.36. The lowest BCUT2D eigenvalue weighted by molar-refractivity contribution is -0.385. The average Bonchev–Trinajstić information content (AvgIpc) is 2.27. The van der Waals surface area contributed by atoms with Crippen LogP contribution in [0, 0.1) is 28.4 Å². The van der Waals surface area contributed by atoms with Crippen LogP contribution in [0.15, 0.2) is 12.1 Å². The Hall–Kier alpha value is -1.93. The molecule has 0 heterocycles. The summed E-state index contributed by atoms with van der Waals surface area (Å²) in [6, 6.07) is 4.19. The Morgan fingerprint density at radius 1 is 1.62 bits per heavy atom. The van der Waals surface area contributed by atoms with Gasteiger partial charge < -0.3 is 0 Å². The third-order valence-corrected chi connectivity index (χ3v) is 2.42.